The van der Waals surface area contributed by atoms with Gasteiger partial charge >= 0.3 is 0 Å². The van der Waals surface area contributed by atoms with Crippen LogP contribution < -0.4 is 4.72 Å². The number of hydrogen-bond donors (Lipinski definition) is 1. The summed E-state index contributed by atoms with van der Waals surface area (Å²) >= 11 is 2.86. The van der Waals surface area contributed by atoms with E-state index in [1.54, 1.807) is 10.9 Å². The van der Waals surface area contributed by atoms with Gasteiger partial charge in [-0.2, -0.15) is 5.10 Å². The first-order chi connectivity index (χ1) is 12.1. The zero-order valence-corrected chi connectivity index (χ0v) is 15.4. The van der Waals surface area contributed by atoms with Gasteiger partial charge in [-0.15, -0.1) is 11.3 Å². The Hall–Kier alpha value is -2.10. The van der Waals surface area contributed by atoms with Crippen LogP contribution in [0.15, 0.2) is 63.9 Å². The van der Waals surface area contributed by atoms with E-state index < -0.39 is 10.0 Å². The Balaban J connectivity index is 1.81. The second-order valence-electron chi connectivity index (χ2n) is 5.24. The van der Waals surface area contributed by atoms with E-state index in [2.05, 4.69) is 14.8 Å². The maximum atomic E-state index is 12.9. The third-order valence-electron chi connectivity index (χ3n) is 3.55. The van der Waals surface area contributed by atoms with Crippen molar-refractivity contribution in [1.82, 2.24) is 14.5 Å². The summed E-state index contributed by atoms with van der Waals surface area (Å²) < 4.78 is 30.0. The molecule has 9 heteroatoms. The largest absolute Gasteiger partial charge is 0.267 e. The Labute approximate surface area is 153 Å². The van der Waals surface area contributed by atoms with Gasteiger partial charge in [0.1, 0.15) is 10.6 Å². The molecule has 0 fully saturated rings. The van der Waals surface area contributed by atoms with E-state index in [9.17, 15) is 8.42 Å². The van der Waals surface area contributed by atoms with Gasteiger partial charge in [-0.05, 0) is 23.6 Å². The molecular weight excluding hydrogens is 376 g/mol. The first-order valence-electron chi connectivity index (χ1n) is 7.52. The molecule has 0 unspecified atom stereocenters. The molecule has 1 N–H and O–H groups in total. The molecule has 2 aromatic heterocycles. The van der Waals surface area contributed by atoms with Crippen LogP contribution >= 0.6 is 23.1 Å². The van der Waals surface area contributed by atoms with Gasteiger partial charge in [0.2, 0.25) is 0 Å². The Bertz CT molecular complexity index is 1010. The van der Waals surface area contributed by atoms with Crippen LogP contribution in [0.1, 0.15) is 0 Å². The molecular formula is C16H14N4O2S3. The van der Waals surface area contributed by atoms with Crippen molar-refractivity contribution in [1.29, 1.82) is 0 Å². The van der Waals surface area contributed by atoms with Crippen LogP contribution in [-0.4, -0.2) is 35.7 Å². The number of nitrogens with one attached hydrogen (secondary N) is 1. The van der Waals surface area contributed by atoms with Gasteiger partial charge in [-0.3, -0.25) is 9.71 Å². The molecule has 0 amide bonds. The molecule has 1 aliphatic heterocycles. The SMILES string of the molecule is O=S(=O)(NC1=NCCS1)c1cn(-c2ccccc2)nc1-c1cccs1. The maximum Gasteiger partial charge on any atom is 0.267 e. The van der Waals surface area contributed by atoms with Gasteiger partial charge in [-0.1, -0.05) is 36.0 Å². The van der Waals surface area contributed by atoms with E-state index in [0.29, 0.717) is 17.4 Å². The number of nitrogens with zero attached hydrogens (tertiary/aromatic N) is 3. The molecule has 128 valence electrons. The molecule has 0 saturated heterocycles. The number of benzene rings is 1. The summed E-state index contributed by atoms with van der Waals surface area (Å²) in [6.07, 6.45) is 1.55. The maximum absolute atomic E-state index is 12.9. The monoisotopic (exact) mass is 390 g/mol. The Morgan fingerprint density at radius 3 is 2.64 bits per heavy atom. The molecule has 4 rings (SSSR count). The fraction of sp³-hybridized carbons (Fsp3) is 0.125. The van der Waals surface area contributed by atoms with Gasteiger partial charge in [-0.25, -0.2) is 13.1 Å². The first kappa shape index (κ1) is 16.4. The summed E-state index contributed by atoms with van der Waals surface area (Å²) in [6, 6.07) is 13.2. The summed E-state index contributed by atoms with van der Waals surface area (Å²) in [6.45, 7) is 0.629. The fourth-order valence-electron chi connectivity index (χ4n) is 2.42. The van der Waals surface area contributed by atoms with Crippen molar-refractivity contribution in [2.75, 3.05) is 12.3 Å². The lowest BCUT2D eigenvalue weighted by Crippen LogP contribution is -2.27. The molecule has 3 aromatic rings. The summed E-state index contributed by atoms with van der Waals surface area (Å²) in [5.41, 5.74) is 1.24. The summed E-state index contributed by atoms with van der Waals surface area (Å²) in [7, 11) is -3.77. The van der Waals surface area contributed by atoms with E-state index in [-0.39, 0.29) is 4.90 Å². The van der Waals surface area contributed by atoms with E-state index in [0.717, 1.165) is 16.3 Å². The molecule has 0 atom stereocenters. The molecule has 0 saturated carbocycles. The van der Waals surface area contributed by atoms with Crippen molar-refractivity contribution >= 4 is 38.3 Å². The number of rotatable bonds is 4. The zero-order chi connectivity index (χ0) is 17.3. The molecule has 0 spiro atoms. The number of thioether (sulfide) groups is 1. The van der Waals surface area contributed by atoms with Gasteiger partial charge in [0, 0.05) is 5.75 Å². The number of para-hydroxylation sites is 1. The number of amidine groups is 1. The Morgan fingerprint density at radius 1 is 1.12 bits per heavy atom. The molecule has 0 aliphatic carbocycles. The lowest BCUT2D eigenvalue weighted by atomic mass is 10.3. The van der Waals surface area contributed by atoms with E-state index in [1.807, 2.05) is 47.8 Å². The summed E-state index contributed by atoms with van der Waals surface area (Å²) in [5, 5.41) is 6.86. The van der Waals surface area contributed by atoms with E-state index in [1.165, 1.54) is 23.1 Å². The van der Waals surface area contributed by atoms with Gasteiger partial charge in [0.05, 0.1) is 23.3 Å². The Morgan fingerprint density at radius 2 is 1.96 bits per heavy atom. The van der Waals surface area contributed by atoms with Crippen molar-refractivity contribution in [2.24, 2.45) is 4.99 Å². The van der Waals surface area contributed by atoms with Crippen LogP contribution in [0, 0.1) is 0 Å². The molecule has 3 heterocycles. The van der Waals surface area contributed by atoms with Crippen molar-refractivity contribution in [3.05, 3.63) is 54.0 Å². The Kier molecular flexibility index (Phi) is 4.36. The molecule has 0 bridgehead atoms. The van der Waals surface area contributed by atoms with Crippen molar-refractivity contribution in [3.8, 4) is 16.3 Å². The van der Waals surface area contributed by atoms with Crippen molar-refractivity contribution < 1.29 is 8.42 Å². The highest BCUT2D eigenvalue weighted by Gasteiger charge is 2.26. The fourth-order valence-corrected chi connectivity index (χ4v) is 5.38. The molecule has 25 heavy (non-hydrogen) atoms. The average Bonchev–Trinajstić information content (AvgIpc) is 3.36. The highest BCUT2D eigenvalue weighted by atomic mass is 32.2. The predicted octanol–water partition coefficient (Wildman–Crippen LogP) is 2.98. The van der Waals surface area contributed by atoms with Crippen LogP contribution in [-0.2, 0) is 10.0 Å². The third kappa shape index (κ3) is 3.35. The summed E-state index contributed by atoms with van der Waals surface area (Å²) in [5.74, 6) is 0.791. The normalized spacial score (nSPS) is 14.5. The molecule has 0 radical (unpaired) electrons. The van der Waals surface area contributed by atoms with Crippen LogP contribution in [0.2, 0.25) is 0 Å². The second-order valence-corrected chi connectivity index (χ2v) is 8.92. The van der Waals surface area contributed by atoms with Crippen LogP contribution in [0.5, 0.6) is 0 Å². The highest BCUT2D eigenvalue weighted by molar-refractivity contribution is 8.15. The van der Waals surface area contributed by atoms with E-state index >= 15 is 0 Å². The zero-order valence-electron chi connectivity index (χ0n) is 13.0. The number of thiophene rings is 1. The number of sulfonamides is 1. The standard InChI is InChI=1S/C16H14N4O2S3/c21-25(22,19-16-17-8-10-24-16)14-11-20(12-5-2-1-3-6-12)18-15(14)13-7-4-9-23-13/h1-7,9,11H,8,10H2,(H,17,19). The average molecular weight is 391 g/mol. The predicted molar refractivity (Wildman–Crippen MR) is 102 cm³/mol. The molecule has 6 nitrogen and oxygen atoms in total. The van der Waals surface area contributed by atoms with Gasteiger partial charge in [0.25, 0.3) is 10.0 Å². The first-order valence-corrected chi connectivity index (χ1v) is 10.9. The third-order valence-corrected chi connectivity index (χ3v) is 6.79. The lowest BCUT2D eigenvalue weighted by Gasteiger charge is -2.06. The molecule has 1 aliphatic rings. The quantitative estimate of drug-likeness (QED) is 0.743. The number of aliphatic imine (C=N–C) groups is 1. The van der Waals surface area contributed by atoms with Gasteiger partial charge in [0.15, 0.2) is 5.17 Å². The minimum absolute atomic E-state index is 0.147. The highest BCUT2D eigenvalue weighted by Crippen LogP contribution is 2.31. The van der Waals surface area contributed by atoms with Crippen LogP contribution in [0.25, 0.3) is 16.3 Å². The lowest BCUT2D eigenvalue weighted by molar-refractivity contribution is 0.593. The van der Waals surface area contributed by atoms with Crippen molar-refractivity contribution in [2.45, 2.75) is 4.90 Å². The topological polar surface area (TPSA) is 76.3 Å². The minimum atomic E-state index is -3.77. The molecule has 1 aromatic carbocycles. The number of aromatic nitrogens is 2. The van der Waals surface area contributed by atoms with Crippen LogP contribution in [0.3, 0.4) is 0 Å². The van der Waals surface area contributed by atoms with Crippen molar-refractivity contribution in [3.63, 3.8) is 0 Å². The second kappa shape index (κ2) is 6.66. The minimum Gasteiger partial charge on any atom is -0.261 e. The smallest absolute Gasteiger partial charge is 0.261 e. The summed E-state index contributed by atoms with van der Waals surface area (Å²) in [4.78, 5) is 5.12. The van der Waals surface area contributed by atoms with E-state index in [4.69, 9.17) is 0 Å². The van der Waals surface area contributed by atoms with Gasteiger partial charge < -0.3 is 0 Å². The number of hydrogen-bond acceptors (Lipinski definition) is 6. The van der Waals surface area contributed by atoms with Crippen LogP contribution in [0.4, 0.5) is 0 Å².